The van der Waals surface area contributed by atoms with E-state index < -0.39 is 12.7 Å². The standard InChI is InChI=1S/C17H26Cl2F3N5/c1-23-16(25-10-13-9-14(18)15(19)26(13)2)24-6-3-12-4-7-27(8-5-12)11-17(20,21)22/h9,12H,3-8,10-11H2,1-2H3,(H2,23,24,25). The first-order valence-corrected chi connectivity index (χ1v) is 9.68. The molecule has 1 fully saturated rings. The Morgan fingerprint density at radius 2 is 1.93 bits per heavy atom. The molecule has 154 valence electrons. The normalized spacial score (nSPS) is 17.4. The number of nitrogens with zero attached hydrogens (tertiary/aromatic N) is 3. The second kappa shape index (κ2) is 9.89. The summed E-state index contributed by atoms with van der Waals surface area (Å²) < 4.78 is 39.1. The minimum Gasteiger partial charge on any atom is -0.356 e. The molecule has 2 N–H and O–H groups in total. The molecular weight excluding hydrogens is 402 g/mol. The fraction of sp³-hybridized carbons (Fsp3) is 0.706. The van der Waals surface area contributed by atoms with Crippen molar-refractivity contribution in [2.45, 2.75) is 32.0 Å². The number of piperidine rings is 1. The summed E-state index contributed by atoms with van der Waals surface area (Å²) >= 11 is 12.1. The van der Waals surface area contributed by atoms with E-state index >= 15 is 0 Å². The molecule has 27 heavy (non-hydrogen) atoms. The van der Waals surface area contributed by atoms with Gasteiger partial charge in [0.15, 0.2) is 5.96 Å². The lowest BCUT2D eigenvalue weighted by Gasteiger charge is -2.32. The van der Waals surface area contributed by atoms with Gasteiger partial charge in [0.2, 0.25) is 0 Å². The Morgan fingerprint density at radius 3 is 2.44 bits per heavy atom. The highest BCUT2D eigenvalue weighted by Crippen LogP contribution is 2.25. The lowest BCUT2D eigenvalue weighted by Crippen LogP contribution is -2.41. The second-order valence-corrected chi connectivity index (χ2v) is 7.57. The molecule has 1 aliphatic rings. The van der Waals surface area contributed by atoms with Crippen molar-refractivity contribution < 1.29 is 13.2 Å². The molecule has 1 aromatic heterocycles. The average Bonchev–Trinajstić information content (AvgIpc) is 2.85. The van der Waals surface area contributed by atoms with E-state index in [1.165, 1.54) is 4.90 Å². The van der Waals surface area contributed by atoms with Crippen LogP contribution in [0, 0.1) is 5.92 Å². The van der Waals surface area contributed by atoms with Crippen molar-refractivity contribution in [3.8, 4) is 0 Å². The number of halogens is 5. The van der Waals surface area contributed by atoms with Gasteiger partial charge in [-0.15, -0.1) is 0 Å². The van der Waals surface area contributed by atoms with Crippen LogP contribution in [0.4, 0.5) is 13.2 Å². The van der Waals surface area contributed by atoms with Crippen LogP contribution in [0.3, 0.4) is 0 Å². The maximum atomic E-state index is 12.4. The molecule has 0 atom stereocenters. The molecule has 0 aliphatic carbocycles. The maximum absolute atomic E-state index is 12.4. The molecule has 0 unspecified atom stereocenters. The predicted octanol–water partition coefficient (Wildman–Crippen LogP) is 3.66. The summed E-state index contributed by atoms with van der Waals surface area (Å²) in [5.74, 6) is 1.10. The topological polar surface area (TPSA) is 44.6 Å². The lowest BCUT2D eigenvalue weighted by molar-refractivity contribution is -0.148. The molecular formula is C17H26Cl2F3N5. The highest BCUT2D eigenvalue weighted by Gasteiger charge is 2.32. The molecule has 0 radical (unpaired) electrons. The van der Waals surface area contributed by atoms with E-state index in [0.717, 1.165) is 31.5 Å². The van der Waals surface area contributed by atoms with E-state index in [9.17, 15) is 13.2 Å². The summed E-state index contributed by atoms with van der Waals surface area (Å²) in [5.41, 5.74) is 0.935. The van der Waals surface area contributed by atoms with E-state index in [0.29, 0.717) is 41.7 Å². The van der Waals surface area contributed by atoms with Gasteiger partial charge >= 0.3 is 6.18 Å². The van der Waals surface area contributed by atoms with Crippen molar-refractivity contribution in [3.05, 3.63) is 21.9 Å². The third-order valence-electron chi connectivity index (χ3n) is 4.83. The van der Waals surface area contributed by atoms with Crippen molar-refractivity contribution in [2.24, 2.45) is 18.0 Å². The van der Waals surface area contributed by atoms with Gasteiger partial charge in [0, 0.05) is 26.3 Å². The molecule has 2 rings (SSSR count). The summed E-state index contributed by atoms with van der Waals surface area (Å²) in [7, 11) is 3.53. The van der Waals surface area contributed by atoms with Crippen LogP contribution in [0.15, 0.2) is 11.1 Å². The molecule has 0 bridgehead atoms. The average molecular weight is 428 g/mol. The Balaban J connectivity index is 1.67. The van der Waals surface area contributed by atoms with Crippen LogP contribution in [-0.2, 0) is 13.6 Å². The van der Waals surface area contributed by atoms with Crippen LogP contribution in [0.1, 0.15) is 25.0 Å². The van der Waals surface area contributed by atoms with Gasteiger partial charge < -0.3 is 15.2 Å². The molecule has 10 heteroatoms. The SMILES string of the molecule is CN=C(NCCC1CCN(CC(F)(F)F)CC1)NCc1cc(Cl)c(Cl)n1C. The smallest absolute Gasteiger partial charge is 0.356 e. The zero-order chi connectivity index (χ0) is 20.0. The van der Waals surface area contributed by atoms with Crippen LogP contribution < -0.4 is 10.6 Å². The van der Waals surface area contributed by atoms with Gasteiger partial charge in [-0.3, -0.25) is 9.89 Å². The van der Waals surface area contributed by atoms with Crippen LogP contribution in [0.25, 0.3) is 0 Å². The number of hydrogen-bond acceptors (Lipinski definition) is 2. The second-order valence-electron chi connectivity index (χ2n) is 6.81. The van der Waals surface area contributed by atoms with Crippen molar-refractivity contribution in [1.29, 1.82) is 0 Å². The van der Waals surface area contributed by atoms with Crippen molar-refractivity contribution >= 4 is 29.2 Å². The minimum absolute atomic E-state index is 0.436. The van der Waals surface area contributed by atoms with Crippen LogP contribution in [0.5, 0.6) is 0 Å². The maximum Gasteiger partial charge on any atom is 0.401 e. The van der Waals surface area contributed by atoms with Crippen molar-refractivity contribution in [3.63, 3.8) is 0 Å². The van der Waals surface area contributed by atoms with Gasteiger partial charge in [0.05, 0.1) is 18.1 Å². The first-order chi connectivity index (χ1) is 12.7. The number of nitrogens with one attached hydrogen (secondary N) is 2. The molecule has 0 amide bonds. The Kier molecular flexibility index (Phi) is 8.12. The third-order valence-corrected chi connectivity index (χ3v) is 5.67. The third kappa shape index (κ3) is 7.08. The molecule has 0 spiro atoms. The largest absolute Gasteiger partial charge is 0.401 e. The van der Waals surface area contributed by atoms with Gasteiger partial charge in [0.1, 0.15) is 5.15 Å². The molecule has 5 nitrogen and oxygen atoms in total. The monoisotopic (exact) mass is 427 g/mol. The minimum atomic E-state index is -4.11. The Labute approximate surface area is 167 Å². The summed E-state index contributed by atoms with van der Waals surface area (Å²) in [4.78, 5) is 5.67. The molecule has 1 aliphatic heterocycles. The predicted molar refractivity (Wildman–Crippen MR) is 103 cm³/mol. The fourth-order valence-corrected chi connectivity index (χ4v) is 3.65. The first-order valence-electron chi connectivity index (χ1n) is 8.93. The first kappa shape index (κ1) is 22.2. The number of guanidine groups is 1. The zero-order valence-corrected chi connectivity index (χ0v) is 17.1. The van der Waals surface area contributed by atoms with E-state index in [1.54, 1.807) is 17.7 Å². The van der Waals surface area contributed by atoms with Gasteiger partial charge in [0.25, 0.3) is 0 Å². The summed E-state index contributed by atoms with van der Waals surface area (Å²) in [5, 5.41) is 7.46. The zero-order valence-electron chi connectivity index (χ0n) is 15.5. The van der Waals surface area contributed by atoms with Crippen LogP contribution >= 0.6 is 23.2 Å². The number of aromatic nitrogens is 1. The van der Waals surface area contributed by atoms with Crippen molar-refractivity contribution in [2.75, 3.05) is 33.2 Å². The lowest BCUT2D eigenvalue weighted by atomic mass is 9.93. The summed E-state index contributed by atoms with van der Waals surface area (Å²) in [6.45, 7) is 1.46. The van der Waals surface area contributed by atoms with Gasteiger partial charge in [-0.1, -0.05) is 23.2 Å². The Bertz CT molecular complexity index is 637. The molecule has 1 saturated heterocycles. The Morgan fingerprint density at radius 1 is 1.26 bits per heavy atom. The van der Waals surface area contributed by atoms with E-state index in [-0.39, 0.29) is 0 Å². The molecule has 0 aromatic carbocycles. The van der Waals surface area contributed by atoms with Crippen LogP contribution in [0.2, 0.25) is 10.2 Å². The summed E-state index contributed by atoms with van der Waals surface area (Å²) in [6.07, 6.45) is -1.62. The number of hydrogen-bond donors (Lipinski definition) is 2. The van der Waals surface area contributed by atoms with E-state index in [2.05, 4.69) is 15.6 Å². The molecule has 0 saturated carbocycles. The highest BCUT2D eigenvalue weighted by atomic mass is 35.5. The number of aliphatic imine (C=N–C) groups is 1. The van der Waals surface area contributed by atoms with Gasteiger partial charge in [-0.05, 0) is 44.3 Å². The number of alkyl halides is 3. The van der Waals surface area contributed by atoms with Gasteiger partial charge in [-0.25, -0.2) is 0 Å². The fourth-order valence-electron chi connectivity index (χ4n) is 3.23. The number of rotatable bonds is 6. The summed E-state index contributed by atoms with van der Waals surface area (Å²) in [6, 6.07) is 1.80. The number of likely N-dealkylation sites (tertiary alicyclic amines) is 1. The molecule has 2 heterocycles. The quantitative estimate of drug-likeness (QED) is 0.537. The van der Waals surface area contributed by atoms with E-state index in [4.69, 9.17) is 23.2 Å². The van der Waals surface area contributed by atoms with Crippen molar-refractivity contribution in [1.82, 2.24) is 20.1 Å². The molecule has 1 aromatic rings. The van der Waals surface area contributed by atoms with Gasteiger partial charge in [-0.2, -0.15) is 13.2 Å². The van der Waals surface area contributed by atoms with E-state index in [1.807, 2.05) is 7.05 Å². The Hall–Kier alpha value is -1.12. The van der Waals surface area contributed by atoms with Crippen LogP contribution in [-0.4, -0.2) is 54.8 Å². The highest BCUT2D eigenvalue weighted by molar-refractivity contribution is 6.41.